The molecule has 0 saturated carbocycles. The number of carbonyl (C=O) groups is 1. The SMILES string of the molecule is CCOC(=O)C1CCCN(C(=NC)NCc2ccn(-c3ccccc3)n2)C1. The van der Waals surface area contributed by atoms with Gasteiger partial charge < -0.3 is 15.0 Å². The zero-order valence-electron chi connectivity index (χ0n) is 16.0. The highest BCUT2D eigenvalue weighted by Gasteiger charge is 2.28. The number of esters is 1. The molecule has 0 aliphatic carbocycles. The minimum Gasteiger partial charge on any atom is -0.466 e. The largest absolute Gasteiger partial charge is 0.466 e. The number of benzene rings is 1. The summed E-state index contributed by atoms with van der Waals surface area (Å²) < 4.78 is 7.04. The predicted molar refractivity (Wildman–Crippen MR) is 105 cm³/mol. The van der Waals surface area contributed by atoms with Crippen molar-refractivity contribution in [2.75, 3.05) is 26.7 Å². The summed E-state index contributed by atoms with van der Waals surface area (Å²) in [5, 5.41) is 7.97. The lowest BCUT2D eigenvalue weighted by atomic mass is 9.98. The topological polar surface area (TPSA) is 71.8 Å². The molecule has 0 bridgehead atoms. The third kappa shape index (κ3) is 4.87. The van der Waals surface area contributed by atoms with Crippen LogP contribution >= 0.6 is 0 Å². The van der Waals surface area contributed by atoms with Gasteiger partial charge in [0.1, 0.15) is 0 Å². The number of ether oxygens (including phenoxy) is 1. The lowest BCUT2D eigenvalue weighted by Gasteiger charge is -2.33. The quantitative estimate of drug-likeness (QED) is 0.497. The predicted octanol–water partition coefficient (Wildman–Crippen LogP) is 2.22. The van der Waals surface area contributed by atoms with E-state index in [-0.39, 0.29) is 11.9 Å². The van der Waals surface area contributed by atoms with Crippen LogP contribution in [0.4, 0.5) is 0 Å². The van der Waals surface area contributed by atoms with E-state index in [1.807, 2.05) is 54.2 Å². The smallest absolute Gasteiger partial charge is 0.310 e. The van der Waals surface area contributed by atoms with Gasteiger partial charge in [0.2, 0.25) is 0 Å². The Morgan fingerprint density at radius 3 is 2.89 bits per heavy atom. The molecule has 1 unspecified atom stereocenters. The van der Waals surface area contributed by atoms with E-state index in [9.17, 15) is 4.79 Å². The first-order valence-electron chi connectivity index (χ1n) is 9.43. The van der Waals surface area contributed by atoms with Gasteiger partial charge in [-0.05, 0) is 38.0 Å². The summed E-state index contributed by atoms with van der Waals surface area (Å²) in [5.74, 6) is 0.590. The molecule has 1 aliphatic rings. The fourth-order valence-corrected chi connectivity index (χ4v) is 3.30. The molecule has 144 valence electrons. The van der Waals surface area contributed by atoms with E-state index in [1.165, 1.54) is 0 Å². The molecule has 1 N–H and O–H groups in total. The maximum Gasteiger partial charge on any atom is 0.310 e. The average Bonchev–Trinajstić information content (AvgIpc) is 3.19. The van der Waals surface area contributed by atoms with Gasteiger partial charge in [-0.2, -0.15) is 5.10 Å². The van der Waals surface area contributed by atoms with Crippen LogP contribution in [0.3, 0.4) is 0 Å². The number of nitrogens with one attached hydrogen (secondary N) is 1. The van der Waals surface area contributed by atoms with Crippen LogP contribution in [0.25, 0.3) is 5.69 Å². The minimum absolute atomic E-state index is 0.0884. The van der Waals surface area contributed by atoms with Crippen molar-refractivity contribution in [3.8, 4) is 5.69 Å². The van der Waals surface area contributed by atoms with Gasteiger partial charge in [0.15, 0.2) is 5.96 Å². The number of hydrogen-bond acceptors (Lipinski definition) is 4. The van der Waals surface area contributed by atoms with Crippen molar-refractivity contribution in [2.24, 2.45) is 10.9 Å². The second-order valence-electron chi connectivity index (χ2n) is 6.53. The molecule has 27 heavy (non-hydrogen) atoms. The van der Waals surface area contributed by atoms with Gasteiger partial charge >= 0.3 is 5.97 Å². The maximum atomic E-state index is 12.0. The molecule has 0 spiro atoms. The van der Waals surface area contributed by atoms with Crippen molar-refractivity contribution in [2.45, 2.75) is 26.3 Å². The Bertz CT molecular complexity index is 772. The van der Waals surface area contributed by atoms with E-state index in [2.05, 4.69) is 20.3 Å². The van der Waals surface area contributed by atoms with Crippen molar-refractivity contribution in [1.29, 1.82) is 0 Å². The summed E-state index contributed by atoms with van der Waals surface area (Å²) in [6.07, 6.45) is 3.77. The molecule has 1 aliphatic heterocycles. The number of carbonyl (C=O) groups excluding carboxylic acids is 1. The average molecular weight is 369 g/mol. The van der Waals surface area contributed by atoms with Crippen molar-refractivity contribution in [1.82, 2.24) is 20.0 Å². The summed E-state index contributed by atoms with van der Waals surface area (Å²) in [7, 11) is 1.76. The molecular weight excluding hydrogens is 342 g/mol. The summed E-state index contributed by atoms with van der Waals surface area (Å²) >= 11 is 0. The number of hydrogen-bond donors (Lipinski definition) is 1. The molecule has 2 aromatic rings. The zero-order chi connectivity index (χ0) is 19.1. The second kappa shape index (κ2) is 9.21. The lowest BCUT2D eigenvalue weighted by Crippen LogP contribution is -2.48. The highest BCUT2D eigenvalue weighted by atomic mass is 16.5. The standard InChI is InChI=1S/C20H27N5O2/c1-3-27-19(26)16-8-7-12-24(15-16)20(21-2)22-14-17-11-13-25(23-17)18-9-5-4-6-10-18/h4-6,9-11,13,16H,3,7-8,12,14-15H2,1-2H3,(H,21,22). The van der Waals surface area contributed by atoms with E-state index in [4.69, 9.17) is 4.74 Å². The Morgan fingerprint density at radius 2 is 2.15 bits per heavy atom. The molecule has 2 heterocycles. The van der Waals surface area contributed by atoms with Gasteiger partial charge in [-0.3, -0.25) is 9.79 Å². The fraction of sp³-hybridized carbons (Fsp3) is 0.450. The highest BCUT2D eigenvalue weighted by Crippen LogP contribution is 2.18. The Balaban J connectivity index is 1.58. The zero-order valence-corrected chi connectivity index (χ0v) is 16.0. The number of nitrogens with zero attached hydrogens (tertiary/aromatic N) is 4. The van der Waals surface area contributed by atoms with Gasteiger partial charge in [0.05, 0.1) is 30.5 Å². The van der Waals surface area contributed by atoms with E-state index in [0.717, 1.165) is 36.7 Å². The third-order valence-corrected chi connectivity index (χ3v) is 4.65. The van der Waals surface area contributed by atoms with Crippen molar-refractivity contribution >= 4 is 11.9 Å². The molecule has 7 nitrogen and oxygen atoms in total. The molecule has 1 aromatic carbocycles. The first-order valence-corrected chi connectivity index (χ1v) is 9.43. The van der Waals surface area contributed by atoms with Crippen LogP contribution < -0.4 is 5.32 Å². The number of para-hydroxylation sites is 1. The summed E-state index contributed by atoms with van der Waals surface area (Å²) in [6, 6.07) is 12.0. The number of guanidine groups is 1. The van der Waals surface area contributed by atoms with E-state index < -0.39 is 0 Å². The van der Waals surface area contributed by atoms with E-state index in [0.29, 0.717) is 19.7 Å². The number of piperidine rings is 1. The molecule has 0 amide bonds. The van der Waals surface area contributed by atoms with E-state index >= 15 is 0 Å². The van der Waals surface area contributed by atoms with Gasteiger partial charge in [-0.1, -0.05) is 18.2 Å². The normalized spacial score (nSPS) is 17.6. The lowest BCUT2D eigenvalue weighted by molar-refractivity contribution is -0.149. The van der Waals surface area contributed by atoms with Crippen molar-refractivity contribution in [3.63, 3.8) is 0 Å². The summed E-state index contributed by atoms with van der Waals surface area (Å²) in [5.41, 5.74) is 1.96. The Kier molecular flexibility index (Phi) is 6.46. The first kappa shape index (κ1) is 18.9. The van der Waals surface area contributed by atoms with Crippen LogP contribution in [0.1, 0.15) is 25.5 Å². The number of aromatic nitrogens is 2. The number of rotatable bonds is 5. The molecule has 1 saturated heterocycles. The van der Waals surface area contributed by atoms with Crippen molar-refractivity contribution in [3.05, 3.63) is 48.3 Å². The molecule has 1 aromatic heterocycles. The van der Waals surface area contributed by atoms with Gasteiger partial charge in [-0.25, -0.2) is 4.68 Å². The van der Waals surface area contributed by atoms with Gasteiger partial charge in [0.25, 0.3) is 0 Å². The Morgan fingerprint density at radius 1 is 1.33 bits per heavy atom. The maximum absolute atomic E-state index is 12.0. The molecule has 7 heteroatoms. The van der Waals surface area contributed by atoms with Crippen LogP contribution in [0.15, 0.2) is 47.6 Å². The van der Waals surface area contributed by atoms with Crippen LogP contribution in [-0.2, 0) is 16.1 Å². The minimum atomic E-state index is -0.112. The first-order chi connectivity index (χ1) is 13.2. The molecule has 0 radical (unpaired) electrons. The van der Waals surface area contributed by atoms with E-state index in [1.54, 1.807) is 7.05 Å². The second-order valence-corrected chi connectivity index (χ2v) is 6.53. The van der Waals surface area contributed by atoms with Crippen LogP contribution in [0.2, 0.25) is 0 Å². The molecule has 1 atom stereocenters. The molecular formula is C20H27N5O2. The molecule has 1 fully saturated rings. The van der Waals surface area contributed by atoms with Gasteiger partial charge in [-0.15, -0.1) is 0 Å². The summed E-state index contributed by atoms with van der Waals surface area (Å²) in [4.78, 5) is 18.6. The summed E-state index contributed by atoms with van der Waals surface area (Å²) in [6.45, 7) is 4.36. The van der Waals surface area contributed by atoms with Crippen LogP contribution in [-0.4, -0.2) is 53.4 Å². The third-order valence-electron chi connectivity index (χ3n) is 4.65. The monoisotopic (exact) mass is 369 g/mol. The van der Waals surface area contributed by atoms with Gasteiger partial charge in [0, 0.05) is 26.3 Å². The Labute approximate surface area is 160 Å². The number of likely N-dealkylation sites (tertiary alicyclic amines) is 1. The fourth-order valence-electron chi connectivity index (χ4n) is 3.30. The van der Waals surface area contributed by atoms with Crippen molar-refractivity contribution < 1.29 is 9.53 Å². The van der Waals surface area contributed by atoms with Crippen LogP contribution in [0, 0.1) is 5.92 Å². The molecule has 3 rings (SSSR count). The van der Waals surface area contributed by atoms with Crippen LogP contribution in [0.5, 0.6) is 0 Å². The highest BCUT2D eigenvalue weighted by molar-refractivity contribution is 5.81. The Hall–Kier alpha value is -2.83. The number of aliphatic imine (C=N–C) groups is 1.